The van der Waals surface area contributed by atoms with Crippen molar-refractivity contribution >= 4 is 17.2 Å². The molecule has 102 valence electrons. The van der Waals surface area contributed by atoms with Crippen LogP contribution in [-0.2, 0) is 6.54 Å². The maximum absolute atomic E-state index is 11.4. The lowest BCUT2D eigenvalue weighted by atomic mass is 10.1. The first-order valence-electron chi connectivity index (χ1n) is 6.15. The van der Waals surface area contributed by atoms with Gasteiger partial charge in [-0.2, -0.15) is 5.10 Å². The Labute approximate surface area is 114 Å². The van der Waals surface area contributed by atoms with E-state index in [1.165, 1.54) is 10.7 Å². The minimum atomic E-state index is -0.302. The highest BCUT2D eigenvalue weighted by Crippen LogP contribution is 2.25. The lowest BCUT2D eigenvalue weighted by Crippen LogP contribution is -2.16. The molecule has 0 radical (unpaired) electrons. The third kappa shape index (κ3) is 1.94. The third-order valence-electron chi connectivity index (χ3n) is 3.21. The molecule has 0 aliphatic carbocycles. The van der Waals surface area contributed by atoms with Crippen molar-refractivity contribution in [1.29, 1.82) is 0 Å². The molecule has 2 heterocycles. The molecule has 0 aliphatic rings. The molecule has 0 amide bonds. The minimum absolute atomic E-state index is 0.302. The molecule has 7 nitrogen and oxygen atoms in total. The summed E-state index contributed by atoms with van der Waals surface area (Å²) >= 11 is 0. The number of nitrogens with two attached hydrogens (primary N) is 1. The number of rotatable bonds is 3. The van der Waals surface area contributed by atoms with Gasteiger partial charge in [0.1, 0.15) is 12.1 Å². The molecule has 3 N–H and O–H groups in total. The summed E-state index contributed by atoms with van der Waals surface area (Å²) in [6.45, 7) is 0.449. The predicted molar refractivity (Wildman–Crippen MR) is 76.0 cm³/mol. The smallest absolute Gasteiger partial charge is 0.329 e. The fourth-order valence-corrected chi connectivity index (χ4v) is 2.12. The van der Waals surface area contributed by atoms with Crippen LogP contribution in [-0.4, -0.2) is 26.6 Å². The number of aromatic nitrogens is 4. The van der Waals surface area contributed by atoms with E-state index in [1.807, 2.05) is 36.2 Å². The number of nitrogens with one attached hydrogen (secondary N) is 1. The predicted octanol–water partition coefficient (Wildman–Crippen LogP) is 0.644. The Morgan fingerprint density at radius 3 is 3.00 bits per heavy atom. The number of aromatic amines is 1. The van der Waals surface area contributed by atoms with E-state index in [1.54, 1.807) is 6.07 Å². The number of hydrogen-bond acceptors (Lipinski definition) is 5. The Morgan fingerprint density at radius 2 is 2.20 bits per heavy atom. The van der Waals surface area contributed by atoms with Crippen molar-refractivity contribution in [1.82, 2.24) is 19.6 Å². The van der Waals surface area contributed by atoms with Gasteiger partial charge in [0.05, 0.1) is 0 Å². The van der Waals surface area contributed by atoms with Gasteiger partial charge in [-0.3, -0.25) is 0 Å². The summed E-state index contributed by atoms with van der Waals surface area (Å²) in [4.78, 5) is 17.6. The maximum Gasteiger partial charge on any atom is 0.348 e. The molecule has 0 spiro atoms. The van der Waals surface area contributed by atoms with E-state index < -0.39 is 0 Å². The van der Waals surface area contributed by atoms with Crippen LogP contribution in [0, 0.1) is 0 Å². The SMILES string of the molecule is CN(c1cc2n[nH]c(=O)n2cn1)c1ccccc1CN. The fraction of sp³-hybridized carbons (Fsp3) is 0.154. The second-order valence-corrected chi connectivity index (χ2v) is 4.40. The zero-order valence-electron chi connectivity index (χ0n) is 10.9. The summed E-state index contributed by atoms with van der Waals surface area (Å²) in [5.74, 6) is 0.692. The maximum atomic E-state index is 11.4. The average molecular weight is 270 g/mol. The quantitative estimate of drug-likeness (QED) is 0.728. The van der Waals surface area contributed by atoms with Crippen LogP contribution in [0.1, 0.15) is 5.56 Å². The first kappa shape index (κ1) is 12.4. The van der Waals surface area contributed by atoms with E-state index in [4.69, 9.17) is 5.73 Å². The zero-order chi connectivity index (χ0) is 14.1. The van der Waals surface area contributed by atoms with E-state index in [0.29, 0.717) is 18.0 Å². The van der Waals surface area contributed by atoms with Crippen LogP contribution in [0.15, 0.2) is 41.5 Å². The highest BCUT2D eigenvalue weighted by atomic mass is 16.1. The Morgan fingerprint density at radius 1 is 1.40 bits per heavy atom. The van der Waals surface area contributed by atoms with Gasteiger partial charge >= 0.3 is 5.69 Å². The number of benzene rings is 1. The van der Waals surface area contributed by atoms with Crippen LogP contribution in [0.3, 0.4) is 0 Å². The van der Waals surface area contributed by atoms with Gasteiger partial charge in [0.15, 0.2) is 5.65 Å². The molecule has 0 atom stereocenters. The summed E-state index contributed by atoms with van der Waals surface area (Å²) in [5.41, 5.74) is 7.97. The van der Waals surface area contributed by atoms with Crippen molar-refractivity contribution < 1.29 is 0 Å². The molecule has 7 heteroatoms. The molecule has 0 bridgehead atoms. The Kier molecular flexibility index (Phi) is 2.96. The number of nitrogens with zero attached hydrogens (tertiary/aromatic N) is 4. The highest BCUT2D eigenvalue weighted by Gasteiger charge is 2.11. The van der Waals surface area contributed by atoms with Gasteiger partial charge < -0.3 is 10.6 Å². The molecule has 3 rings (SSSR count). The lowest BCUT2D eigenvalue weighted by molar-refractivity contribution is 0.980. The van der Waals surface area contributed by atoms with Crippen molar-refractivity contribution in [2.24, 2.45) is 5.73 Å². The second-order valence-electron chi connectivity index (χ2n) is 4.40. The Balaban J connectivity index is 2.07. The molecule has 1 aromatic carbocycles. The van der Waals surface area contributed by atoms with Crippen molar-refractivity contribution in [3.63, 3.8) is 0 Å². The molecule has 20 heavy (non-hydrogen) atoms. The molecule has 0 saturated heterocycles. The van der Waals surface area contributed by atoms with Gasteiger partial charge in [-0.25, -0.2) is 19.3 Å². The minimum Gasteiger partial charge on any atom is -0.329 e. The fourth-order valence-electron chi connectivity index (χ4n) is 2.12. The number of hydrogen-bond donors (Lipinski definition) is 2. The van der Waals surface area contributed by atoms with Crippen LogP contribution >= 0.6 is 0 Å². The average Bonchev–Trinajstić information content (AvgIpc) is 2.87. The first-order chi connectivity index (χ1) is 9.70. The summed E-state index contributed by atoms with van der Waals surface area (Å²) in [6.07, 6.45) is 1.46. The number of fused-ring (bicyclic) bond motifs is 1. The van der Waals surface area contributed by atoms with Crippen molar-refractivity contribution in [3.8, 4) is 0 Å². The van der Waals surface area contributed by atoms with Crippen LogP contribution in [0.4, 0.5) is 11.5 Å². The standard InChI is InChI=1S/C13H14N6O/c1-18(10-5-3-2-4-9(10)7-14)11-6-12-16-17-13(20)19(12)8-15-11/h2-6,8H,7,14H2,1H3,(H,17,20). The van der Waals surface area contributed by atoms with Crippen LogP contribution in [0.25, 0.3) is 5.65 Å². The molecular formula is C13H14N6O. The lowest BCUT2D eigenvalue weighted by Gasteiger charge is -2.20. The van der Waals surface area contributed by atoms with Gasteiger partial charge in [-0.1, -0.05) is 18.2 Å². The number of anilines is 2. The van der Waals surface area contributed by atoms with Gasteiger partial charge in [0.25, 0.3) is 0 Å². The van der Waals surface area contributed by atoms with Crippen molar-refractivity contribution in [3.05, 3.63) is 52.7 Å². The number of H-pyrrole nitrogens is 1. The van der Waals surface area contributed by atoms with E-state index in [9.17, 15) is 4.79 Å². The molecular weight excluding hydrogens is 256 g/mol. The number of para-hydroxylation sites is 1. The van der Waals surface area contributed by atoms with Crippen molar-refractivity contribution in [2.45, 2.75) is 6.54 Å². The molecule has 2 aromatic heterocycles. The third-order valence-corrected chi connectivity index (χ3v) is 3.21. The molecule has 0 saturated carbocycles. The summed E-state index contributed by atoms with van der Waals surface area (Å²) < 4.78 is 1.35. The van der Waals surface area contributed by atoms with E-state index in [0.717, 1.165) is 11.3 Å². The monoisotopic (exact) mass is 270 g/mol. The van der Waals surface area contributed by atoms with Crippen LogP contribution in [0.5, 0.6) is 0 Å². The molecule has 0 aliphatic heterocycles. The molecule has 3 aromatic rings. The van der Waals surface area contributed by atoms with Gasteiger partial charge in [-0.15, -0.1) is 0 Å². The molecule has 0 fully saturated rings. The second kappa shape index (κ2) is 4.78. The normalized spacial score (nSPS) is 10.9. The first-order valence-corrected chi connectivity index (χ1v) is 6.15. The largest absolute Gasteiger partial charge is 0.348 e. The summed E-state index contributed by atoms with van der Waals surface area (Å²) in [6, 6.07) is 9.59. The Bertz CT molecular complexity index is 806. The van der Waals surface area contributed by atoms with E-state index in [2.05, 4.69) is 15.2 Å². The van der Waals surface area contributed by atoms with Crippen LogP contribution < -0.4 is 16.3 Å². The van der Waals surface area contributed by atoms with E-state index in [-0.39, 0.29) is 5.69 Å². The Hall–Kier alpha value is -2.67. The van der Waals surface area contributed by atoms with E-state index >= 15 is 0 Å². The summed E-state index contributed by atoms with van der Waals surface area (Å²) in [7, 11) is 1.90. The van der Waals surface area contributed by atoms with Crippen LogP contribution in [0.2, 0.25) is 0 Å². The zero-order valence-corrected chi connectivity index (χ0v) is 10.9. The summed E-state index contributed by atoms with van der Waals surface area (Å²) in [5, 5.41) is 6.32. The van der Waals surface area contributed by atoms with Gasteiger partial charge in [0.2, 0.25) is 0 Å². The topological polar surface area (TPSA) is 92.3 Å². The van der Waals surface area contributed by atoms with Gasteiger partial charge in [-0.05, 0) is 11.6 Å². The highest BCUT2D eigenvalue weighted by molar-refractivity contribution is 5.65. The van der Waals surface area contributed by atoms with Crippen molar-refractivity contribution in [2.75, 3.05) is 11.9 Å². The molecule has 0 unspecified atom stereocenters. The van der Waals surface area contributed by atoms with Gasteiger partial charge in [0, 0.05) is 25.3 Å².